The normalized spacial score (nSPS) is 24.9. The fraction of sp³-hybridized carbons (Fsp3) is 0.688. The van der Waals surface area contributed by atoms with E-state index in [1.165, 1.54) is 15.8 Å². The van der Waals surface area contributed by atoms with Crippen molar-refractivity contribution >= 4 is 11.9 Å². The molecule has 0 bridgehead atoms. The van der Waals surface area contributed by atoms with E-state index in [-0.39, 0.29) is 18.9 Å². The summed E-state index contributed by atoms with van der Waals surface area (Å²) in [6, 6.07) is 1.62. The maximum atomic E-state index is 12.6. The average molecular weight is 323 g/mol. The second kappa shape index (κ2) is 6.70. The van der Waals surface area contributed by atoms with Gasteiger partial charge in [0.25, 0.3) is 5.91 Å². The Morgan fingerprint density at radius 1 is 1.48 bits per heavy atom. The molecule has 1 fully saturated rings. The molecule has 1 aliphatic heterocycles. The Morgan fingerprint density at radius 2 is 2.17 bits per heavy atom. The summed E-state index contributed by atoms with van der Waals surface area (Å²) >= 11 is 0. The Bertz CT molecular complexity index is 584. The third kappa shape index (κ3) is 3.39. The third-order valence-electron chi connectivity index (χ3n) is 4.70. The molecule has 128 valence electrons. The van der Waals surface area contributed by atoms with Crippen LogP contribution in [0.4, 0.5) is 0 Å². The number of carbonyl (C=O) groups excluding carboxylic acids is 1. The molecule has 23 heavy (non-hydrogen) atoms. The minimum absolute atomic E-state index is 0.0280. The largest absolute Gasteiger partial charge is 0.481 e. The number of aliphatic hydroxyl groups excluding tert-OH is 1. The van der Waals surface area contributed by atoms with Crippen LogP contribution in [0, 0.1) is 11.3 Å². The number of aryl methyl sites for hydroxylation is 1. The van der Waals surface area contributed by atoms with E-state index in [1.807, 2.05) is 13.8 Å². The second-order valence-corrected chi connectivity index (χ2v) is 6.77. The van der Waals surface area contributed by atoms with Gasteiger partial charge in [0, 0.05) is 26.3 Å². The Kier molecular flexibility index (Phi) is 5.09. The number of piperidine rings is 1. The first-order chi connectivity index (χ1) is 10.8. The van der Waals surface area contributed by atoms with Gasteiger partial charge in [0.15, 0.2) is 0 Å². The topological polar surface area (TPSA) is 95.7 Å². The van der Waals surface area contributed by atoms with Gasteiger partial charge in [-0.15, -0.1) is 0 Å². The number of amides is 1. The zero-order chi connectivity index (χ0) is 17.2. The number of aromatic nitrogens is 2. The number of nitrogens with zero attached hydrogens (tertiary/aromatic N) is 3. The number of hydrogen-bond acceptors (Lipinski definition) is 4. The van der Waals surface area contributed by atoms with Crippen LogP contribution in [-0.4, -0.2) is 56.0 Å². The minimum Gasteiger partial charge on any atom is -0.481 e. The molecule has 0 spiro atoms. The summed E-state index contributed by atoms with van der Waals surface area (Å²) in [6.07, 6.45) is 1.92. The Balaban J connectivity index is 2.24. The fourth-order valence-corrected chi connectivity index (χ4v) is 3.11. The molecule has 1 aromatic heterocycles. The van der Waals surface area contributed by atoms with E-state index >= 15 is 0 Å². The zero-order valence-corrected chi connectivity index (χ0v) is 13.9. The van der Waals surface area contributed by atoms with Gasteiger partial charge in [0.05, 0.1) is 6.10 Å². The van der Waals surface area contributed by atoms with E-state index in [1.54, 1.807) is 13.1 Å². The van der Waals surface area contributed by atoms with Crippen molar-refractivity contribution in [3.63, 3.8) is 0 Å². The van der Waals surface area contributed by atoms with Crippen LogP contribution in [0.3, 0.4) is 0 Å². The van der Waals surface area contributed by atoms with Gasteiger partial charge >= 0.3 is 5.97 Å². The van der Waals surface area contributed by atoms with Crippen molar-refractivity contribution in [2.45, 2.75) is 39.2 Å². The smallest absolute Gasteiger partial charge is 0.314 e. The minimum atomic E-state index is -1.29. The van der Waals surface area contributed by atoms with Crippen molar-refractivity contribution in [1.29, 1.82) is 0 Å². The van der Waals surface area contributed by atoms with Crippen molar-refractivity contribution in [2.75, 3.05) is 13.1 Å². The van der Waals surface area contributed by atoms with Crippen molar-refractivity contribution < 1.29 is 19.8 Å². The summed E-state index contributed by atoms with van der Waals surface area (Å²) < 4.78 is 1.48. The quantitative estimate of drug-likeness (QED) is 0.847. The molecule has 0 unspecified atom stereocenters. The molecule has 1 saturated heterocycles. The second-order valence-electron chi connectivity index (χ2n) is 6.77. The number of aliphatic carboxylic acids is 1. The lowest BCUT2D eigenvalue weighted by Crippen LogP contribution is -2.57. The SMILES string of the molecule is CC(C)CC[C@@]1(C(=O)O)CN(C(=O)c2ccnn2C)CC[C@H]1O. The van der Waals surface area contributed by atoms with Gasteiger partial charge < -0.3 is 15.1 Å². The monoisotopic (exact) mass is 323 g/mol. The Morgan fingerprint density at radius 3 is 2.70 bits per heavy atom. The maximum Gasteiger partial charge on any atom is 0.314 e. The van der Waals surface area contributed by atoms with E-state index in [2.05, 4.69) is 5.10 Å². The van der Waals surface area contributed by atoms with Gasteiger partial charge in [-0.05, 0) is 31.2 Å². The number of carbonyl (C=O) groups is 2. The van der Waals surface area contributed by atoms with Gasteiger partial charge in [0.1, 0.15) is 11.1 Å². The molecule has 2 heterocycles. The number of likely N-dealkylation sites (tertiary alicyclic amines) is 1. The number of aliphatic hydroxyl groups is 1. The van der Waals surface area contributed by atoms with Crippen molar-refractivity contribution in [3.8, 4) is 0 Å². The van der Waals surface area contributed by atoms with Crippen molar-refractivity contribution in [3.05, 3.63) is 18.0 Å². The molecule has 1 amide bonds. The maximum absolute atomic E-state index is 12.6. The van der Waals surface area contributed by atoms with Crippen LogP contribution in [0.2, 0.25) is 0 Å². The molecular weight excluding hydrogens is 298 g/mol. The number of hydrogen-bond donors (Lipinski definition) is 2. The van der Waals surface area contributed by atoms with Crippen molar-refractivity contribution in [2.24, 2.45) is 18.4 Å². The molecule has 1 aliphatic rings. The molecule has 7 heteroatoms. The molecular formula is C16H25N3O4. The van der Waals surface area contributed by atoms with Crippen LogP contribution in [0.25, 0.3) is 0 Å². The summed E-state index contributed by atoms with van der Waals surface area (Å²) in [5, 5.41) is 24.1. The predicted molar refractivity (Wildman–Crippen MR) is 83.9 cm³/mol. The lowest BCUT2D eigenvalue weighted by molar-refractivity contribution is -0.163. The van der Waals surface area contributed by atoms with Gasteiger partial charge in [-0.1, -0.05) is 13.8 Å². The molecule has 2 N–H and O–H groups in total. The molecule has 1 aromatic rings. The van der Waals surface area contributed by atoms with E-state index in [0.717, 1.165) is 0 Å². The van der Waals surface area contributed by atoms with Crippen LogP contribution in [0.5, 0.6) is 0 Å². The average Bonchev–Trinajstić information content (AvgIpc) is 2.91. The van der Waals surface area contributed by atoms with E-state index < -0.39 is 17.5 Å². The molecule has 2 atom stereocenters. The highest BCUT2D eigenvalue weighted by atomic mass is 16.4. The summed E-state index contributed by atoms with van der Waals surface area (Å²) in [4.78, 5) is 26.1. The van der Waals surface area contributed by atoms with Crippen LogP contribution in [0.1, 0.15) is 43.6 Å². The predicted octanol–water partition coefficient (Wildman–Crippen LogP) is 1.13. The first-order valence-electron chi connectivity index (χ1n) is 7.96. The molecule has 7 nitrogen and oxygen atoms in total. The lowest BCUT2D eigenvalue weighted by Gasteiger charge is -2.43. The number of carboxylic acids is 1. The first kappa shape index (κ1) is 17.5. The van der Waals surface area contributed by atoms with E-state index in [0.29, 0.717) is 31.0 Å². The third-order valence-corrected chi connectivity index (χ3v) is 4.70. The van der Waals surface area contributed by atoms with Gasteiger partial charge in [0.2, 0.25) is 0 Å². The van der Waals surface area contributed by atoms with Crippen LogP contribution in [-0.2, 0) is 11.8 Å². The first-order valence-corrected chi connectivity index (χ1v) is 7.96. The Labute approximate surface area is 135 Å². The molecule has 0 saturated carbocycles. The highest BCUT2D eigenvalue weighted by Crippen LogP contribution is 2.37. The fourth-order valence-electron chi connectivity index (χ4n) is 3.11. The van der Waals surface area contributed by atoms with Crippen molar-refractivity contribution in [1.82, 2.24) is 14.7 Å². The molecule has 0 radical (unpaired) electrons. The standard InChI is InChI=1S/C16H25N3O4/c1-11(2)4-7-16(15(22)23)10-19(9-6-13(16)20)14(21)12-5-8-17-18(12)3/h5,8,11,13,20H,4,6-7,9-10H2,1-3H3,(H,22,23)/t13-,16-/m1/s1. The molecule has 2 rings (SSSR count). The van der Waals surface area contributed by atoms with Gasteiger partial charge in [-0.25, -0.2) is 0 Å². The summed E-state index contributed by atoms with van der Waals surface area (Å²) in [7, 11) is 1.68. The Hall–Kier alpha value is -1.89. The summed E-state index contributed by atoms with van der Waals surface area (Å²) in [6.45, 7) is 4.41. The molecule has 0 aliphatic carbocycles. The van der Waals surface area contributed by atoms with E-state index in [4.69, 9.17) is 0 Å². The number of carboxylic acid groups (broad SMARTS) is 1. The van der Waals surface area contributed by atoms with Crippen LogP contribution >= 0.6 is 0 Å². The molecule has 0 aromatic carbocycles. The highest BCUT2D eigenvalue weighted by Gasteiger charge is 2.50. The highest BCUT2D eigenvalue weighted by molar-refractivity contribution is 5.93. The van der Waals surface area contributed by atoms with Crippen LogP contribution in [0.15, 0.2) is 12.3 Å². The van der Waals surface area contributed by atoms with Crippen LogP contribution < -0.4 is 0 Å². The lowest BCUT2D eigenvalue weighted by atomic mass is 9.72. The zero-order valence-electron chi connectivity index (χ0n) is 13.9. The summed E-state index contributed by atoms with van der Waals surface area (Å²) in [5.41, 5.74) is -0.874. The van der Waals surface area contributed by atoms with Gasteiger partial charge in [-0.3, -0.25) is 14.3 Å². The van der Waals surface area contributed by atoms with Gasteiger partial charge in [-0.2, -0.15) is 5.10 Å². The van der Waals surface area contributed by atoms with E-state index in [9.17, 15) is 19.8 Å². The number of rotatable bonds is 5. The summed E-state index contributed by atoms with van der Waals surface area (Å²) in [5.74, 6) is -0.943.